The summed E-state index contributed by atoms with van der Waals surface area (Å²) in [7, 11) is 0. The van der Waals surface area contributed by atoms with Crippen molar-refractivity contribution in [2.45, 2.75) is 64.7 Å². The lowest BCUT2D eigenvalue weighted by Crippen LogP contribution is -2.19. The maximum absolute atomic E-state index is 5.75. The van der Waals surface area contributed by atoms with Gasteiger partial charge in [0.2, 0.25) is 0 Å². The number of hydrogen-bond acceptors (Lipinski definition) is 2. The van der Waals surface area contributed by atoms with E-state index in [1.54, 1.807) is 0 Å². The summed E-state index contributed by atoms with van der Waals surface area (Å²) in [5, 5.41) is 0. The van der Waals surface area contributed by atoms with E-state index in [1.807, 2.05) is 0 Å². The zero-order chi connectivity index (χ0) is 12.6. The van der Waals surface area contributed by atoms with E-state index in [1.165, 1.54) is 51.4 Å². The van der Waals surface area contributed by atoms with Crippen molar-refractivity contribution in [3.63, 3.8) is 0 Å². The third-order valence-electron chi connectivity index (χ3n) is 3.56. The molecule has 0 bridgehead atoms. The second-order valence-corrected chi connectivity index (χ2v) is 5.99. The second kappa shape index (κ2) is 8.04. The molecule has 1 fully saturated rings. The molecule has 0 aromatic rings. The van der Waals surface area contributed by atoms with E-state index in [0.717, 1.165) is 19.6 Å². The van der Waals surface area contributed by atoms with Gasteiger partial charge in [-0.15, -0.1) is 0 Å². The minimum Gasteiger partial charge on any atom is -0.393 e. The molecule has 100 valence electrons. The highest BCUT2D eigenvalue weighted by Gasteiger charge is 2.43. The number of rotatable bonds is 11. The number of hydrogen-bond donors (Lipinski definition) is 1. The van der Waals surface area contributed by atoms with Crippen LogP contribution in [0.15, 0.2) is 0 Å². The van der Waals surface area contributed by atoms with Crippen LogP contribution in [0.5, 0.6) is 0 Å². The van der Waals surface area contributed by atoms with Crippen molar-refractivity contribution >= 4 is 17.2 Å². The maximum atomic E-state index is 5.75. The van der Waals surface area contributed by atoms with Crippen molar-refractivity contribution < 1.29 is 4.74 Å². The molecular weight excluding hydrogens is 230 g/mol. The van der Waals surface area contributed by atoms with Gasteiger partial charge in [-0.25, -0.2) is 0 Å². The summed E-state index contributed by atoms with van der Waals surface area (Å²) in [5.74, 6) is 0. The molecule has 2 N–H and O–H groups in total. The van der Waals surface area contributed by atoms with Gasteiger partial charge in [-0.2, -0.15) is 0 Å². The van der Waals surface area contributed by atoms with Crippen molar-refractivity contribution in [3.05, 3.63) is 0 Å². The molecule has 0 amide bonds. The molecule has 17 heavy (non-hydrogen) atoms. The summed E-state index contributed by atoms with van der Waals surface area (Å²) in [5.41, 5.74) is 5.92. The Morgan fingerprint density at radius 3 is 2.41 bits per heavy atom. The van der Waals surface area contributed by atoms with Crippen LogP contribution in [0.25, 0.3) is 0 Å². The Kier molecular flexibility index (Phi) is 7.05. The second-order valence-electron chi connectivity index (χ2n) is 5.46. The average Bonchev–Trinajstić information content (AvgIpc) is 3.01. The van der Waals surface area contributed by atoms with Gasteiger partial charge in [0.05, 0.1) is 11.6 Å². The first-order valence-electron chi connectivity index (χ1n) is 7.05. The number of ether oxygens (including phenoxy) is 1. The molecule has 1 saturated carbocycles. The maximum Gasteiger partial charge on any atom is 0.0733 e. The molecule has 1 aliphatic rings. The minimum absolute atomic E-state index is 0.327. The van der Waals surface area contributed by atoms with E-state index >= 15 is 0 Å². The third kappa shape index (κ3) is 6.99. The Balaban J connectivity index is 1.89. The van der Waals surface area contributed by atoms with E-state index < -0.39 is 0 Å². The smallest absolute Gasteiger partial charge is 0.0733 e. The van der Waals surface area contributed by atoms with Crippen molar-refractivity contribution in [3.8, 4) is 0 Å². The van der Waals surface area contributed by atoms with Crippen LogP contribution < -0.4 is 5.73 Å². The predicted molar refractivity (Wildman–Crippen MR) is 77.3 cm³/mol. The van der Waals surface area contributed by atoms with Crippen LogP contribution in [0.4, 0.5) is 0 Å². The van der Waals surface area contributed by atoms with E-state index in [0.29, 0.717) is 10.4 Å². The van der Waals surface area contributed by atoms with Gasteiger partial charge in [0, 0.05) is 18.4 Å². The summed E-state index contributed by atoms with van der Waals surface area (Å²) < 4.78 is 5.75. The van der Waals surface area contributed by atoms with E-state index in [-0.39, 0.29) is 0 Å². The standard InChI is InChI=1S/C14H27NOS/c1-2-3-4-5-6-7-10-16-12-14(8-9-14)11-13(15)17/h2-12H2,1H3,(H2,15,17). The van der Waals surface area contributed by atoms with Crippen LogP contribution in [-0.2, 0) is 4.74 Å². The van der Waals surface area contributed by atoms with Crippen LogP contribution in [0, 0.1) is 5.41 Å². The minimum atomic E-state index is 0.327. The van der Waals surface area contributed by atoms with E-state index in [4.69, 9.17) is 22.7 Å². The van der Waals surface area contributed by atoms with Crippen molar-refractivity contribution in [2.75, 3.05) is 13.2 Å². The van der Waals surface area contributed by atoms with Crippen LogP contribution in [-0.4, -0.2) is 18.2 Å². The van der Waals surface area contributed by atoms with Crippen molar-refractivity contribution in [1.82, 2.24) is 0 Å². The van der Waals surface area contributed by atoms with Crippen molar-refractivity contribution in [2.24, 2.45) is 11.1 Å². The summed E-state index contributed by atoms with van der Waals surface area (Å²) in [6.07, 6.45) is 11.3. The Morgan fingerprint density at radius 2 is 1.82 bits per heavy atom. The van der Waals surface area contributed by atoms with Gasteiger partial charge in [-0.05, 0) is 19.3 Å². The molecule has 0 saturated heterocycles. The van der Waals surface area contributed by atoms with E-state index in [2.05, 4.69) is 6.92 Å². The highest BCUT2D eigenvalue weighted by atomic mass is 32.1. The molecule has 1 rings (SSSR count). The molecule has 2 nitrogen and oxygen atoms in total. The lowest BCUT2D eigenvalue weighted by Gasteiger charge is -2.14. The fourth-order valence-electron chi connectivity index (χ4n) is 2.19. The molecule has 3 heteroatoms. The lowest BCUT2D eigenvalue weighted by molar-refractivity contribution is 0.0895. The first-order valence-corrected chi connectivity index (χ1v) is 7.45. The van der Waals surface area contributed by atoms with Gasteiger partial charge in [-0.1, -0.05) is 51.2 Å². The lowest BCUT2D eigenvalue weighted by atomic mass is 10.0. The Labute approximate surface area is 111 Å². The molecule has 0 radical (unpaired) electrons. The SMILES string of the molecule is CCCCCCCCOCC1(CC(N)=S)CC1. The monoisotopic (exact) mass is 257 g/mol. The zero-order valence-electron chi connectivity index (χ0n) is 11.2. The van der Waals surface area contributed by atoms with Gasteiger partial charge in [0.1, 0.15) is 0 Å². The van der Waals surface area contributed by atoms with Crippen molar-refractivity contribution in [1.29, 1.82) is 0 Å². The third-order valence-corrected chi connectivity index (χ3v) is 3.70. The molecule has 0 heterocycles. The van der Waals surface area contributed by atoms with Gasteiger partial charge in [0.15, 0.2) is 0 Å². The molecule has 0 atom stereocenters. The fourth-order valence-corrected chi connectivity index (χ4v) is 2.50. The average molecular weight is 257 g/mol. The normalized spacial score (nSPS) is 17.0. The Bertz CT molecular complexity index is 226. The summed E-state index contributed by atoms with van der Waals surface area (Å²) in [6, 6.07) is 0. The highest BCUT2D eigenvalue weighted by molar-refractivity contribution is 7.80. The predicted octanol–water partition coefficient (Wildman–Crippen LogP) is 3.82. The molecule has 0 aromatic carbocycles. The Hall–Kier alpha value is -0.150. The highest BCUT2D eigenvalue weighted by Crippen LogP contribution is 2.48. The van der Waals surface area contributed by atoms with Gasteiger partial charge in [0.25, 0.3) is 0 Å². The largest absolute Gasteiger partial charge is 0.393 e. The quantitative estimate of drug-likeness (QED) is 0.451. The zero-order valence-corrected chi connectivity index (χ0v) is 12.0. The molecule has 0 spiro atoms. The first-order chi connectivity index (χ1) is 8.18. The van der Waals surface area contributed by atoms with E-state index in [9.17, 15) is 0 Å². The first kappa shape index (κ1) is 14.9. The molecule has 0 aliphatic heterocycles. The van der Waals surface area contributed by atoms with Crippen LogP contribution in [0.1, 0.15) is 64.7 Å². The molecular formula is C14H27NOS. The number of unbranched alkanes of at least 4 members (excludes halogenated alkanes) is 5. The van der Waals surface area contributed by atoms with Crippen LogP contribution in [0.3, 0.4) is 0 Å². The van der Waals surface area contributed by atoms with Gasteiger partial charge >= 0.3 is 0 Å². The summed E-state index contributed by atoms with van der Waals surface area (Å²) >= 11 is 4.97. The topological polar surface area (TPSA) is 35.2 Å². The number of thiocarbonyl (C=S) groups is 1. The summed E-state index contributed by atoms with van der Waals surface area (Å²) in [4.78, 5) is 0.644. The molecule has 0 aromatic heterocycles. The number of nitrogens with two attached hydrogens (primary N) is 1. The molecule has 0 unspecified atom stereocenters. The molecule has 1 aliphatic carbocycles. The van der Waals surface area contributed by atoms with Crippen LogP contribution in [0.2, 0.25) is 0 Å². The van der Waals surface area contributed by atoms with Gasteiger partial charge < -0.3 is 10.5 Å². The Morgan fingerprint density at radius 1 is 1.18 bits per heavy atom. The summed E-state index contributed by atoms with van der Waals surface area (Å²) in [6.45, 7) is 4.02. The van der Waals surface area contributed by atoms with Crippen LogP contribution >= 0.6 is 12.2 Å². The van der Waals surface area contributed by atoms with Gasteiger partial charge in [-0.3, -0.25) is 0 Å². The fraction of sp³-hybridized carbons (Fsp3) is 0.929.